The Morgan fingerprint density at radius 1 is 1.30 bits per heavy atom. The van der Waals surface area contributed by atoms with Gasteiger partial charge in [-0.25, -0.2) is 0 Å². The van der Waals surface area contributed by atoms with E-state index in [1.54, 1.807) is 0 Å². The minimum absolute atomic E-state index is 0.471. The van der Waals surface area contributed by atoms with Gasteiger partial charge in [0.1, 0.15) is 0 Å². The second kappa shape index (κ2) is 11.9. The number of aromatic nitrogens is 2. The number of likely N-dealkylation sites (tertiary alicyclic amines) is 1. The Labute approximate surface area is 184 Å². The molecular weight excluding hydrogens is 400 g/mol. The molecule has 2 N–H and O–H groups in total. The van der Waals surface area contributed by atoms with Crippen LogP contribution in [-0.2, 0) is 6.42 Å². The van der Waals surface area contributed by atoms with Crippen molar-refractivity contribution in [3.05, 3.63) is 35.2 Å². The van der Waals surface area contributed by atoms with E-state index in [9.17, 15) is 0 Å². The van der Waals surface area contributed by atoms with Gasteiger partial charge in [-0.1, -0.05) is 42.2 Å². The molecule has 30 heavy (non-hydrogen) atoms. The molecule has 1 aromatic heterocycles. The summed E-state index contributed by atoms with van der Waals surface area (Å²) in [5.41, 5.74) is 0.848. The second-order valence-corrected chi connectivity index (χ2v) is 8.08. The number of unbranched alkanes of at least 4 members (excludes halogenated alkanes) is 1. The van der Waals surface area contributed by atoms with E-state index in [1.807, 2.05) is 24.3 Å². The molecule has 0 spiro atoms. The lowest BCUT2D eigenvalue weighted by Crippen LogP contribution is -2.48. The van der Waals surface area contributed by atoms with E-state index in [2.05, 4.69) is 39.5 Å². The molecule has 7 nitrogen and oxygen atoms in total. The number of guanidine groups is 1. The zero-order chi connectivity index (χ0) is 21.2. The number of hydrogen-bond acceptors (Lipinski definition) is 5. The Bertz CT molecular complexity index is 800. The van der Waals surface area contributed by atoms with E-state index in [0.717, 1.165) is 44.0 Å². The summed E-state index contributed by atoms with van der Waals surface area (Å²) in [5, 5.41) is 11.6. The van der Waals surface area contributed by atoms with Crippen LogP contribution in [0.15, 0.2) is 33.8 Å². The third-order valence-electron chi connectivity index (χ3n) is 5.25. The quantitative estimate of drug-likeness (QED) is 0.464. The van der Waals surface area contributed by atoms with Crippen LogP contribution < -0.4 is 10.6 Å². The van der Waals surface area contributed by atoms with Gasteiger partial charge >= 0.3 is 0 Å². The number of nitrogens with zero attached hydrogens (tertiary/aromatic N) is 4. The number of nitrogens with one attached hydrogen (secondary N) is 2. The highest BCUT2D eigenvalue weighted by molar-refractivity contribution is 6.30. The van der Waals surface area contributed by atoms with Crippen molar-refractivity contribution in [2.24, 2.45) is 4.99 Å². The monoisotopic (exact) mass is 432 g/mol. The fourth-order valence-electron chi connectivity index (χ4n) is 3.56. The van der Waals surface area contributed by atoms with Crippen LogP contribution in [0.2, 0.25) is 5.02 Å². The van der Waals surface area contributed by atoms with Crippen molar-refractivity contribution in [3.8, 4) is 11.4 Å². The first-order valence-corrected chi connectivity index (χ1v) is 11.4. The number of halogens is 1. The summed E-state index contributed by atoms with van der Waals surface area (Å²) < 4.78 is 5.37. The van der Waals surface area contributed by atoms with Crippen LogP contribution in [0.3, 0.4) is 0 Å². The molecule has 2 heterocycles. The van der Waals surface area contributed by atoms with Gasteiger partial charge in [-0.2, -0.15) is 4.98 Å². The predicted octanol–water partition coefficient (Wildman–Crippen LogP) is 3.75. The molecule has 0 unspecified atom stereocenters. The average Bonchev–Trinajstić information content (AvgIpc) is 3.22. The fraction of sp³-hybridized carbons (Fsp3) is 0.591. The van der Waals surface area contributed by atoms with Gasteiger partial charge in [0.05, 0.1) is 6.54 Å². The highest BCUT2D eigenvalue weighted by Crippen LogP contribution is 2.20. The number of rotatable bonds is 9. The zero-order valence-electron chi connectivity index (χ0n) is 18.0. The maximum absolute atomic E-state index is 6.04. The van der Waals surface area contributed by atoms with E-state index >= 15 is 0 Å². The molecule has 0 aliphatic carbocycles. The fourth-order valence-corrected chi connectivity index (χ4v) is 3.75. The minimum Gasteiger partial charge on any atom is -0.357 e. The molecule has 1 aliphatic rings. The molecule has 0 bridgehead atoms. The van der Waals surface area contributed by atoms with Crippen molar-refractivity contribution < 1.29 is 4.52 Å². The van der Waals surface area contributed by atoms with Gasteiger partial charge in [-0.15, -0.1) is 0 Å². The summed E-state index contributed by atoms with van der Waals surface area (Å²) in [4.78, 5) is 11.7. The molecule has 0 radical (unpaired) electrons. The van der Waals surface area contributed by atoms with E-state index in [1.165, 1.54) is 19.4 Å². The standard InChI is InChI=1S/C22H33ClN6O/c1-3-5-13-29-14-10-19(11-15-29)26-22(24-4-2)25-12-9-20-27-21(28-30-20)17-7-6-8-18(23)16-17/h6-8,16,19H,3-5,9-15H2,1-2H3,(H2,24,25,26). The van der Waals surface area contributed by atoms with Crippen LogP contribution >= 0.6 is 11.6 Å². The van der Waals surface area contributed by atoms with E-state index in [-0.39, 0.29) is 0 Å². The molecule has 1 aliphatic heterocycles. The molecule has 2 aromatic rings. The Hall–Kier alpha value is -2.12. The van der Waals surface area contributed by atoms with Crippen molar-refractivity contribution in [1.29, 1.82) is 0 Å². The van der Waals surface area contributed by atoms with E-state index in [0.29, 0.717) is 35.7 Å². The number of aliphatic imine (C=N–C) groups is 1. The first kappa shape index (κ1) is 22.6. The van der Waals surface area contributed by atoms with E-state index < -0.39 is 0 Å². The van der Waals surface area contributed by atoms with E-state index in [4.69, 9.17) is 21.1 Å². The lowest BCUT2D eigenvalue weighted by molar-refractivity contribution is 0.203. The highest BCUT2D eigenvalue weighted by Gasteiger charge is 2.19. The summed E-state index contributed by atoms with van der Waals surface area (Å²) in [7, 11) is 0. The summed E-state index contributed by atoms with van der Waals surface area (Å²) in [6.45, 7) is 9.29. The molecular formula is C22H33ClN6O. The minimum atomic E-state index is 0.471. The van der Waals surface area contributed by atoms with Crippen molar-refractivity contribution in [1.82, 2.24) is 25.7 Å². The Morgan fingerprint density at radius 3 is 2.87 bits per heavy atom. The summed E-state index contributed by atoms with van der Waals surface area (Å²) in [5.74, 6) is 1.99. The predicted molar refractivity (Wildman–Crippen MR) is 122 cm³/mol. The highest BCUT2D eigenvalue weighted by atomic mass is 35.5. The maximum Gasteiger partial charge on any atom is 0.228 e. The third kappa shape index (κ3) is 6.99. The van der Waals surface area contributed by atoms with Gasteiger partial charge in [0.2, 0.25) is 11.7 Å². The lowest BCUT2D eigenvalue weighted by Gasteiger charge is -2.33. The molecule has 0 atom stereocenters. The van der Waals surface area contributed by atoms with Gasteiger partial charge in [-0.05, 0) is 44.9 Å². The third-order valence-corrected chi connectivity index (χ3v) is 5.48. The van der Waals surface area contributed by atoms with Gasteiger partial charge < -0.3 is 20.1 Å². The van der Waals surface area contributed by atoms with Crippen molar-refractivity contribution in [3.63, 3.8) is 0 Å². The van der Waals surface area contributed by atoms with Crippen LogP contribution in [0.1, 0.15) is 45.4 Å². The average molecular weight is 433 g/mol. The molecule has 1 fully saturated rings. The first-order valence-electron chi connectivity index (χ1n) is 11.0. The van der Waals surface area contributed by atoms with Crippen LogP contribution in [0.5, 0.6) is 0 Å². The largest absolute Gasteiger partial charge is 0.357 e. The normalized spacial score (nSPS) is 16.0. The van der Waals surface area contributed by atoms with Gasteiger partial charge in [0.25, 0.3) is 0 Å². The molecule has 0 amide bonds. The number of hydrogen-bond donors (Lipinski definition) is 2. The molecule has 0 saturated carbocycles. The Morgan fingerprint density at radius 2 is 2.13 bits per heavy atom. The molecule has 1 saturated heterocycles. The van der Waals surface area contributed by atoms with Crippen LogP contribution in [0.4, 0.5) is 0 Å². The topological polar surface area (TPSA) is 78.6 Å². The summed E-state index contributed by atoms with van der Waals surface area (Å²) >= 11 is 6.04. The maximum atomic E-state index is 6.04. The number of piperidine rings is 1. The zero-order valence-corrected chi connectivity index (χ0v) is 18.8. The first-order chi connectivity index (χ1) is 14.7. The van der Waals surface area contributed by atoms with Gasteiger partial charge in [0.15, 0.2) is 5.96 Å². The van der Waals surface area contributed by atoms with Crippen molar-refractivity contribution >= 4 is 17.6 Å². The van der Waals surface area contributed by atoms with Crippen LogP contribution in [0.25, 0.3) is 11.4 Å². The van der Waals surface area contributed by atoms with Gasteiger partial charge in [0, 0.05) is 42.7 Å². The molecule has 1 aromatic carbocycles. The smallest absolute Gasteiger partial charge is 0.228 e. The Kier molecular flexibility index (Phi) is 8.96. The molecule has 8 heteroatoms. The molecule has 3 rings (SSSR count). The molecule has 164 valence electrons. The SMILES string of the molecule is CCCCN1CCC(NC(=NCCc2nc(-c3cccc(Cl)c3)no2)NCC)CC1. The summed E-state index contributed by atoms with van der Waals surface area (Å²) in [6.07, 6.45) is 5.45. The van der Waals surface area contributed by atoms with Gasteiger partial charge in [-0.3, -0.25) is 4.99 Å². The second-order valence-electron chi connectivity index (χ2n) is 7.65. The number of benzene rings is 1. The van der Waals surface area contributed by atoms with Crippen molar-refractivity contribution in [2.45, 2.75) is 52.0 Å². The van der Waals surface area contributed by atoms with Crippen LogP contribution in [-0.4, -0.2) is 59.8 Å². The van der Waals surface area contributed by atoms with Crippen LogP contribution in [0, 0.1) is 0 Å². The van der Waals surface area contributed by atoms with Crippen molar-refractivity contribution in [2.75, 3.05) is 32.7 Å². The Balaban J connectivity index is 1.48. The summed E-state index contributed by atoms with van der Waals surface area (Å²) in [6, 6.07) is 7.92. The lowest BCUT2D eigenvalue weighted by atomic mass is 10.0.